The Balaban J connectivity index is 2.13. The Kier molecular flexibility index (Phi) is 4.10. The van der Waals surface area contributed by atoms with E-state index in [4.69, 9.17) is 0 Å². The van der Waals surface area contributed by atoms with Crippen LogP contribution < -0.4 is 0 Å². The summed E-state index contributed by atoms with van der Waals surface area (Å²) in [4.78, 5) is 10.9. The van der Waals surface area contributed by atoms with E-state index in [0.717, 1.165) is 5.56 Å². The number of hydrogen-bond acceptors (Lipinski definition) is 2. The smallest absolute Gasteiger partial charge is 0.155 e. The Hall–Kier alpha value is -1.68. The monoisotopic (exact) mass is 264 g/mol. The lowest BCUT2D eigenvalue weighted by molar-refractivity contribution is 0.111. The van der Waals surface area contributed by atoms with Gasteiger partial charge in [0.15, 0.2) is 6.29 Å². The number of thioether (sulfide) groups is 1. The minimum atomic E-state index is -0.819. The molecule has 0 N–H and O–H groups in total. The third-order valence-electron chi connectivity index (χ3n) is 2.42. The maximum absolute atomic E-state index is 13.4. The summed E-state index contributed by atoms with van der Waals surface area (Å²) in [6, 6.07) is 12.0. The zero-order valence-corrected chi connectivity index (χ0v) is 10.2. The van der Waals surface area contributed by atoms with Gasteiger partial charge in [-0.05, 0) is 17.7 Å². The molecule has 0 aliphatic carbocycles. The van der Waals surface area contributed by atoms with E-state index in [0.29, 0.717) is 10.6 Å². The zero-order chi connectivity index (χ0) is 13.0. The Morgan fingerprint density at radius 1 is 1.06 bits per heavy atom. The SMILES string of the molecule is O=Cc1c(F)cc(SCc2ccccc2)cc1F. The molecule has 2 aromatic rings. The molecule has 0 amide bonds. The number of halogens is 2. The molecule has 0 spiro atoms. The Morgan fingerprint density at radius 2 is 1.67 bits per heavy atom. The molecule has 0 bridgehead atoms. The number of benzene rings is 2. The average Bonchev–Trinajstić information content (AvgIpc) is 2.37. The van der Waals surface area contributed by atoms with Crippen molar-refractivity contribution >= 4 is 18.0 Å². The van der Waals surface area contributed by atoms with Crippen LogP contribution in [0, 0.1) is 11.6 Å². The molecule has 0 aliphatic heterocycles. The van der Waals surface area contributed by atoms with Crippen LogP contribution in [0.15, 0.2) is 47.4 Å². The van der Waals surface area contributed by atoms with Gasteiger partial charge in [0, 0.05) is 10.6 Å². The highest BCUT2D eigenvalue weighted by Gasteiger charge is 2.10. The van der Waals surface area contributed by atoms with E-state index in [-0.39, 0.29) is 6.29 Å². The fourth-order valence-corrected chi connectivity index (χ4v) is 2.40. The molecule has 0 aromatic heterocycles. The molecular formula is C14H10F2OS. The molecule has 2 aromatic carbocycles. The molecule has 0 fully saturated rings. The quantitative estimate of drug-likeness (QED) is 0.611. The van der Waals surface area contributed by atoms with Gasteiger partial charge in [-0.3, -0.25) is 4.79 Å². The first-order chi connectivity index (χ1) is 8.70. The normalized spacial score (nSPS) is 10.3. The van der Waals surface area contributed by atoms with Crippen molar-refractivity contribution < 1.29 is 13.6 Å². The van der Waals surface area contributed by atoms with Gasteiger partial charge in [0.05, 0.1) is 5.56 Å². The number of rotatable bonds is 4. The lowest BCUT2D eigenvalue weighted by atomic mass is 10.2. The van der Waals surface area contributed by atoms with Gasteiger partial charge in [0.1, 0.15) is 11.6 Å². The highest BCUT2D eigenvalue weighted by Crippen LogP contribution is 2.25. The van der Waals surface area contributed by atoms with E-state index >= 15 is 0 Å². The summed E-state index contributed by atoms with van der Waals surface area (Å²) >= 11 is 1.33. The lowest BCUT2D eigenvalue weighted by Crippen LogP contribution is -1.94. The van der Waals surface area contributed by atoms with E-state index in [1.54, 1.807) is 0 Å². The summed E-state index contributed by atoms with van der Waals surface area (Å²) in [7, 11) is 0. The van der Waals surface area contributed by atoms with Crippen LogP contribution in [0.3, 0.4) is 0 Å². The minimum absolute atomic E-state index is 0.191. The maximum Gasteiger partial charge on any atom is 0.155 e. The zero-order valence-electron chi connectivity index (χ0n) is 9.40. The van der Waals surface area contributed by atoms with E-state index in [1.165, 1.54) is 23.9 Å². The van der Waals surface area contributed by atoms with Crippen molar-refractivity contribution in [1.29, 1.82) is 0 Å². The van der Waals surface area contributed by atoms with Crippen LogP contribution >= 0.6 is 11.8 Å². The van der Waals surface area contributed by atoms with Gasteiger partial charge < -0.3 is 0 Å². The van der Waals surface area contributed by atoms with E-state index < -0.39 is 17.2 Å². The van der Waals surface area contributed by atoms with Gasteiger partial charge in [-0.25, -0.2) is 8.78 Å². The van der Waals surface area contributed by atoms with Gasteiger partial charge in [-0.2, -0.15) is 0 Å². The third-order valence-corrected chi connectivity index (χ3v) is 3.47. The molecule has 1 nitrogen and oxygen atoms in total. The van der Waals surface area contributed by atoms with Gasteiger partial charge in [-0.15, -0.1) is 11.8 Å². The van der Waals surface area contributed by atoms with Crippen molar-refractivity contribution in [3.05, 3.63) is 65.2 Å². The Bertz CT molecular complexity index is 532. The second-order valence-corrected chi connectivity index (χ2v) is 4.74. The van der Waals surface area contributed by atoms with Crippen LogP contribution in [0.4, 0.5) is 8.78 Å². The number of hydrogen-bond donors (Lipinski definition) is 0. The number of aldehydes is 1. The van der Waals surface area contributed by atoms with Crippen molar-refractivity contribution in [3.8, 4) is 0 Å². The Labute approximate surface area is 108 Å². The van der Waals surface area contributed by atoms with Crippen LogP contribution in [-0.4, -0.2) is 6.29 Å². The summed E-state index contributed by atoms with van der Waals surface area (Å²) in [6.07, 6.45) is 0.191. The summed E-state index contributed by atoms with van der Waals surface area (Å²) in [6.45, 7) is 0. The molecule has 0 saturated carbocycles. The summed E-state index contributed by atoms with van der Waals surface area (Å²) in [5, 5.41) is 0. The Morgan fingerprint density at radius 3 is 2.22 bits per heavy atom. The maximum atomic E-state index is 13.4. The van der Waals surface area contributed by atoms with Crippen molar-refractivity contribution in [2.45, 2.75) is 10.6 Å². The standard InChI is InChI=1S/C14H10F2OS/c15-13-6-11(7-14(16)12(13)8-17)18-9-10-4-2-1-3-5-10/h1-8H,9H2. The summed E-state index contributed by atoms with van der Waals surface area (Å²) in [5.41, 5.74) is 0.557. The average molecular weight is 264 g/mol. The lowest BCUT2D eigenvalue weighted by Gasteiger charge is -2.04. The molecule has 2 rings (SSSR count). The predicted octanol–water partition coefficient (Wildman–Crippen LogP) is 4.07. The van der Waals surface area contributed by atoms with Crippen LogP contribution in [0.1, 0.15) is 15.9 Å². The van der Waals surface area contributed by atoms with Crippen molar-refractivity contribution in [1.82, 2.24) is 0 Å². The molecule has 92 valence electrons. The van der Waals surface area contributed by atoms with E-state index in [1.807, 2.05) is 30.3 Å². The van der Waals surface area contributed by atoms with E-state index in [9.17, 15) is 13.6 Å². The molecule has 4 heteroatoms. The van der Waals surface area contributed by atoms with Crippen LogP contribution in [0.25, 0.3) is 0 Å². The summed E-state index contributed by atoms with van der Waals surface area (Å²) < 4.78 is 26.7. The fourth-order valence-electron chi connectivity index (χ4n) is 1.50. The van der Waals surface area contributed by atoms with Crippen LogP contribution in [0.2, 0.25) is 0 Å². The van der Waals surface area contributed by atoms with Crippen molar-refractivity contribution in [2.24, 2.45) is 0 Å². The second kappa shape index (κ2) is 5.78. The molecule has 0 saturated heterocycles. The molecular weight excluding hydrogens is 254 g/mol. The van der Waals surface area contributed by atoms with Gasteiger partial charge in [0.2, 0.25) is 0 Å². The van der Waals surface area contributed by atoms with Crippen molar-refractivity contribution in [3.63, 3.8) is 0 Å². The fraction of sp³-hybridized carbons (Fsp3) is 0.0714. The van der Waals surface area contributed by atoms with Gasteiger partial charge in [0.25, 0.3) is 0 Å². The second-order valence-electron chi connectivity index (χ2n) is 3.69. The van der Waals surface area contributed by atoms with Gasteiger partial charge in [-0.1, -0.05) is 30.3 Å². The van der Waals surface area contributed by atoms with E-state index in [2.05, 4.69) is 0 Å². The largest absolute Gasteiger partial charge is 0.298 e. The molecule has 18 heavy (non-hydrogen) atoms. The first-order valence-electron chi connectivity index (χ1n) is 5.31. The van der Waals surface area contributed by atoms with Gasteiger partial charge >= 0.3 is 0 Å². The molecule has 0 atom stereocenters. The first-order valence-corrected chi connectivity index (χ1v) is 6.30. The highest BCUT2D eigenvalue weighted by molar-refractivity contribution is 7.98. The molecule has 0 radical (unpaired) electrons. The molecule has 0 heterocycles. The molecule has 0 aliphatic rings. The topological polar surface area (TPSA) is 17.1 Å². The number of carbonyl (C=O) groups excluding carboxylic acids is 1. The van der Waals surface area contributed by atoms with Crippen molar-refractivity contribution in [2.75, 3.05) is 0 Å². The summed E-state index contributed by atoms with van der Waals surface area (Å²) in [5.74, 6) is -1.01. The predicted molar refractivity (Wildman–Crippen MR) is 67.7 cm³/mol. The molecule has 0 unspecified atom stereocenters. The van der Waals surface area contributed by atoms with Crippen LogP contribution in [-0.2, 0) is 5.75 Å². The minimum Gasteiger partial charge on any atom is -0.298 e. The first kappa shape index (κ1) is 12.8. The highest BCUT2D eigenvalue weighted by atomic mass is 32.2. The van der Waals surface area contributed by atoms with Crippen LogP contribution in [0.5, 0.6) is 0 Å². The number of carbonyl (C=O) groups is 1. The third kappa shape index (κ3) is 2.96.